The number of benzene rings is 1. The molecule has 1 aliphatic rings. The average molecular weight is 314 g/mol. The standard InChI is InChI=1S/C15H15FN6O/c16-15-20-13(19-10-5-3-9(17)4-6-10)12-14(21-15)22(8-18-12)11-2-1-7-23-11/h3-6,8,11H,1-2,7,17H2,(H,19,20,21). The maximum absolute atomic E-state index is 13.8. The molecule has 0 saturated carbocycles. The van der Waals surface area contributed by atoms with Gasteiger partial charge in [-0.05, 0) is 37.1 Å². The lowest BCUT2D eigenvalue weighted by Crippen LogP contribution is -2.08. The number of aromatic nitrogens is 4. The first-order valence-electron chi connectivity index (χ1n) is 7.35. The van der Waals surface area contributed by atoms with Crippen molar-refractivity contribution in [3.05, 3.63) is 36.7 Å². The van der Waals surface area contributed by atoms with Crippen molar-refractivity contribution in [1.82, 2.24) is 19.5 Å². The van der Waals surface area contributed by atoms with Crippen LogP contribution in [0.2, 0.25) is 0 Å². The van der Waals surface area contributed by atoms with Crippen LogP contribution in [0, 0.1) is 6.08 Å². The summed E-state index contributed by atoms with van der Waals surface area (Å²) in [7, 11) is 0. The van der Waals surface area contributed by atoms with Crippen molar-refractivity contribution >= 4 is 28.4 Å². The second-order valence-corrected chi connectivity index (χ2v) is 5.38. The highest BCUT2D eigenvalue weighted by atomic mass is 19.1. The molecule has 1 fully saturated rings. The molecule has 3 aromatic rings. The molecular weight excluding hydrogens is 299 g/mol. The van der Waals surface area contributed by atoms with E-state index in [4.69, 9.17) is 10.5 Å². The van der Waals surface area contributed by atoms with Crippen LogP contribution in [0.15, 0.2) is 30.6 Å². The number of hydrogen-bond acceptors (Lipinski definition) is 6. The van der Waals surface area contributed by atoms with Crippen molar-refractivity contribution in [1.29, 1.82) is 0 Å². The number of anilines is 3. The molecule has 8 heteroatoms. The van der Waals surface area contributed by atoms with Crippen LogP contribution in [-0.4, -0.2) is 26.1 Å². The minimum atomic E-state index is -0.810. The fraction of sp³-hybridized carbons (Fsp3) is 0.267. The predicted octanol–water partition coefficient (Wildman–Crippen LogP) is 2.60. The summed E-state index contributed by atoms with van der Waals surface area (Å²) in [6, 6.07) is 7.08. The molecule has 23 heavy (non-hydrogen) atoms. The molecular formula is C15H15FN6O. The third kappa shape index (κ3) is 2.57. The first-order valence-corrected chi connectivity index (χ1v) is 7.35. The number of halogens is 1. The van der Waals surface area contributed by atoms with Gasteiger partial charge >= 0.3 is 6.08 Å². The second kappa shape index (κ2) is 5.47. The molecule has 0 radical (unpaired) electrons. The van der Waals surface area contributed by atoms with Crippen LogP contribution in [0.4, 0.5) is 21.6 Å². The summed E-state index contributed by atoms with van der Waals surface area (Å²) in [4.78, 5) is 12.0. The highest BCUT2D eigenvalue weighted by Gasteiger charge is 2.22. The molecule has 0 aliphatic carbocycles. The number of ether oxygens (including phenoxy) is 1. The van der Waals surface area contributed by atoms with Crippen LogP contribution < -0.4 is 11.1 Å². The number of nitrogens with two attached hydrogens (primary N) is 1. The summed E-state index contributed by atoms with van der Waals surface area (Å²) in [6.45, 7) is 0.689. The number of nitrogens with one attached hydrogen (secondary N) is 1. The van der Waals surface area contributed by atoms with Crippen LogP contribution in [0.1, 0.15) is 19.1 Å². The SMILES string of the molecule is Nc1ccc(Nc2nc(F)nc3c2ncn3C2CCCO2)cc1. The molecule has 3 N–H and O–H groups in total. The lowest BCUT2D eigenvalue weighted by atomic mass is 10.3. The Morgan fingerprint density at radius 1 is 1.26 bits per heavy atom. The number of nitrogen functional groups attached to an aromatic ring is 1. The fourth-order valence-corrected chi connectivity index (χ4v) is 2.67. The molecule has 1 saturated heterocycles. The quantitative estimate of drug-likeness (QED) is 0.570. The highest BCUT2D eigenvalue weighted by molar-refractivity contribution is 5.85. The van der Waals surface area contributed by atoms with Gasteiger partial charge in [0.2, 0.25) is 0 Å². The third-order valence-electron chi connectivity index (χ3n) is 3.78. The Balaban J connectivity index is 1.75. The van der Waals surface area contributed by atoms with Gasteiger partial charge in [0.1, 0.15) is 6.23 Å². The molecule has 4 rings (SSSR count). The Hall–Kier alpha value is -2.74. The van der Waals surface area contributed by atoms with Gasteiger partial charge in [-0.25, -0.2) is 4.98 Å². The number of hydrogen-bond donors (Lipinski definition) is 2. The zero-order valence-electron chi connectivity index (χ0n) is 12.2. The molecule has 0 bridgehead atoms. The first-order chi connectivity index (χ1) is 11.2. The molecule has 1 aliphatic heterocycles. The number of rotatable bonds is 3. The summed E-state index contributed by atoms with van der Waals surface area (Å²) >= 11 is 0. The van der Waals surface area contributed by atoms with E-state index in [2.05, 4.69) is 20.3 Å². The van der Waals surface area contributed by atoms with Crippen molar-refractivity contribution in [2.45, 2.75) is 19.1 Å². The Morgan fingerprint density at radius 3 is 2.83 bits per heavy atom. The lowest BCUT2D eigenvalue weighted by molar-refractivity contribution is 0.0592. The predicted molar refractivity (Wildman–Crippen MR) is 83.6 cm³/mol. The molecule has 0 spiro atoms. The van der Waals surface area contributed by atoms with Crippen molar-refractivity contribution in [3.63, 3.8) is 0 Å². The Kier molecular flexibility index (Phi) is 3.30. The Bertz CT molecular complexity index is 841. The number of fused-ring (bicyclic) bond motifs is 1. The number of nitrogens with zero attached hydrogens (tertiary/aromatic N) is 4. The third-order valence-corrected chi connectivity index (χ3v) is 3.78. The summed E-state index contributed by atoms with van der Waals surface area (Å²) in [6.07, 6.45) is 2.48. The average Bonchev–Trinajstić information content (AvgIpc) is 3.18. The smallest absolute Gasteiger partial charge is 0.312 e. The van der Waals surface area contributed by atoms with Crippen LogP contribution in [-0.2, 0) is 4.74 Å². The summed E-state index contributed by atoms with van der Waals surface area (Å²) < 4.78 is 21.2. The maximum atomic E-state index is 13.8. The molecule has 118 valence electrons. The number of imidazole rings is 1. The Labute approximate surface area is 131 Å². The second-order valence-electron chi connectivity index (χ2n) is 5.38. The van der Waals surface area contributed by atoms with Gasteiger partial charge in [0.25, 0.3) is 0 Å². The van der Waals surface area contributed by atoms with E-state index in [1.165, 1.54) is 0 Å². The van der Waals surface area contributed by atoms with Gasteiger partial charge in [-0.2, -0.15) is 14.4 Å². The van der Waals surface area contributed by atoms with E-state index in [0.29, 0.717) is 29.3 Å². The molecule has 1 atom stereocenters. The van der Waals surface area contributed by atoms with Gasteiger partial charge in [0.05, 0.1) is 6.33 Å². The van der Waals surface area contributed by atoms with Gasteiger partial charge in [-0.3, -0.25) is 4.57 Å². The summed E-state index contributed by atoms with van der Waals surface area (Å²) in [5.74, 6) is 0.314. The molecule has 2 aromatic heterocycles. The van der Waals surface area contributed by atoms with Crippen LogP contribution in [0.3, 0.4) is 0 Å². The van der Waals surface area contributed by atoms with Crippen LogP contribution in [0.5, 0.6) is 0 Å². The monoisotopic (exact) mass is 314 g/mol. The molecule has 7 nitrogen and oxygen atoms in total. The molecule has 0 amide bonds. The summed E-state index contributed by atoms with van der Waals surface area (Å²) in [5.41, 5.74) is 7.97. The lowest BCUT2D eigenvalue weighted by Gasteiger charge is -2.12. The minimum Gasteiger partial charge on any atom is -0.399 e. The fourth-order valence-electron chi connectivity index (χ4n) is 2.67. The molecule has 1 unspecified atom stereocenters. The van der Waals surface area contributed by atoms with E-state index in [0.717, 1.165) is 18.5 Å². The zero-order chi connectivity index (χ0) is 15.8. The largest absolute Gasteiger partial charge is 0.399 e. The zero-order valence-corrected chi connectivity index (χ0v) is 12.2. The van der Waals surface area contributed by atoms with E-state index < -0.39 is 6.08 Å². The summed E-state index contributed by atoms with van der Waals surface area (Å²) in [5, 5.41) is 3.06. The molecule has 3 heterocycles. The highest BCUT2D eigenvalue weighted by Crippen LogP contribution is 2.29. The van der Waals surface area contributed by atoms with Gasteiger partial charge in [0, 0.05) is 18.0 Å². The van der Waals surface area contributed by atoms with Crippen LogP contribution >= 0.6 is 0 Å². The van der Waals surface area contributed by atoms with Gasteiger partial charge in [-0.1, -0.05) is 0 Å². The molecule has 1 aromatic carbocycles. The topological polar surface area (TPSA) is 90.9 Å². The van der Waals surface area contributed by atoms with E-state index in [9.17, 15) is 4.39 Å². The van der Waals surface area contributed by atoms with Crippen molar-refractivity contribution in [3.8, 4) is 0 Å². The first kappa shape index (κ1) is 13.9. The van der Waals surface area contributed by atoms with E-state index in [1.807, 2.05) is 0 Å². The van der Waals surface area contributed by atoms with Crippen LogP contribution in [0.25, 0.3) is 11.2 Å². The Morgan fingerprint density at radius 2 is 2.09 bits per heavy atom. The van der Waals surface area contributed by atoms with Gasteiger partial charge in [0.15, 0.2) is 17.0 Å². The van der Waals surface area contributed by atoms with Crippen molar-refractivity contribution in [2.24, 2.45) is 0 Å². The maximum Gasteiger partial charge on any atom is 0.312 e. The minimum absolute atomic E-state index is 0.154. The van der Waals surface area contributed by atoms with E-state index >= 15 is 0 Å². The van der Waals surface area contributed by atoms with Crippen molar-refractivity contribution < 1.29 is 9.13 Å². The normalized spacial score (nSPS) is 17.7. The van der Waals surface area contributed by atoms with E-state index in [-0.39, 0.29) is 6.23 Å². The van der Waals surface area contributed by atoms with E-state index in [1.54, 1.807) is 35.2 Å². The van der Waals surface area contributed by atoms with Gasteiger partial charge < -0.3 is 15.8 Å². The van der Waals surface area contributed by atoms with Crippen molar-refractivity contribution in [2.75, 3.05) is 17.7 Å². The van der Waals surface area contributed by atoms with Gasteiger partial charge in [-0.15, -0.1) is 0 Å².